The molecule has 1 saturated heterocycles. The number of benzene rings is 1. The quantitative estimate of drug-likeness (QED) is 0.707. The predicted octanol–water partition coefficient (Wildman–Crippen LogP) is 2.30. The zero-order valence-corrected chi connectivity index (χ0v) is 10.8. The van der Waals surface area contributed by atoms with Crippen molar-refractivity contribution in [3.63, 3.8) is 0 Å². The summed E-state index contributed by atoms with van der Waals surface area (Å²) in [6, 6.07) is 8.83. The monoisotopic (exact) mass is 235 g/mol. The van der Waals surface area contributed by atoms with Gasteiger partial charge in [0.2, 0.25) is 0 Å². The standard InChI is InChI=1S/C14H21NO2/c1-11(2)15(9-14-10-17-14)8-12-4-6-13(16-3)7-5-12/h4-7,11,14H,8-10H2,1-3H3. The van der Waals surface area contributed by atoms with Crippen LogP contribution in [0.4, 0.5) is 0 Å². The minimum atomic E-state index is 0.454. The van der Waals surface area contributed by atoms with Gasteiger partial charge in [-0.2, -0.15) is 0 Å². The Morgan fingerprint density at radius 3 is 2.47 bits per heavy atom. The Morgan fingerprint density at radius 2 is 2.00 bits per heavy atom. The number of methoxy groups -OCH3 is 1. The van der Waals surface area contributed by atoms with E-state index >= 15 is 0 Å². The molecule has 2 rings (SSSR count). The van der Waals surface area contributed by atoms with Gasteiger partial charge in [-0.15, -0.1) is 0 Å². The molecule has 1 aliphatic rings. The minimum absolute atomic E-state index is 0.454. The van der Waals surface area contributed by atoms with E-state index in [-0.39, 0.29) is 0 Å². The molecular weight excluding hydrogens is 214 g/mol. The highest BCUT2D eigenvalue weighted by molar-refractivity contribution is 5.27. The first-order valence-corrected chi connectivity index (χ1v) is 6.17. The lowest BCUT2D eigenvalue weighted by Crippen LogP contribution is -2.33. The van der Waals surface area contributed by atoms with E-state index in [2.05, 4.69) is 30.9 Å². The number of nitrogens with zero attached hydrogens (tertiary/aromatic N) is 1. The molecule has 0 saturated carbocycles. The maximum absolute atomic E-state index is 5.30. The van der Waals surface area contributed by atoms with Crippen LogP contribution in [0.25, 0.3) is 0 Å². The topological polar surface area (TPSA) is 25.0 Å². The fraction of sp³-hybridized carbons (Fsp3) is 0.571. The van der Waals surface area contributed by atoms with E-state index in [4.69, 9.17) is 9.47 Å². The van der Waals surface area contributed by atoms with E-state index in [1.807, 2.05) is 12.1 Å². The molecule has 0 spiro atoms. The number of rotatable bonds is 6. The Bertz CT molecular complexity index is 344. The molecule has 1 atom stereocenters. The Hall–Kier alpha value is -1.06. The summed E-state index contributed by atoms with van der Waals surface area (Å²) in [5.74, 6) is 0.912. The Kier molecular flexibility index (Phi) is 4.02. The van der Waals surface area contributed by atoms with E-state index in [1.165, 1.54) is 5.56 Å². The van der Waals surface area contributed by atoms with Gasteiger partial charge in [0.05, 0.1) is 19.8 Å². The van der Waals surface area contributed by atoms with Gasteiger partial charge in [-0.3, -0.25) is 4.90 Å². The van der Waals surface area contributed by atoms with Crippen molar-refractivity contribution in [3.8, 4) is 5.75 Å². The molecular formula is C14H21NO2. The Balaban J connectivity index is 1.95. The lowest BCUT2D eigenvalue weighted by Gasteiger charge is -2.25. The summed E-state index contributed by atoms with van der Waals surface area (Å²) < 4.78 is 10.5. The second-order valence-corrected chi connectivity index (χ2v) is 4.83. The fourth-order valence-corrected chi connectivity index (χ4v) is 1.86. The summed E-state index contributed by atoms with van der Waals surface area (Å²) in [6.45, 7) is 7.38. The van der Waals surface area contributed by atoms with Gasteiger partial charge in [0.25, 0.3) is 0 Å². The van der Waals surface area contributed by atoms with Gasteiger partial charge in [0.15, 0.2) is 0 Å². The normalized spacial score (nSPS) is 18.8. The van der Waals surface area contributed by atoms with Crippen LogP contribution in [0.5, 0.6) is 5.75 Å². The molecule has 94 valence electrons. The van der Waals surface area contributed by atoms with Crippen molar-refractivity contribution < 1.29 is 9.47 Å². The zero-order valence-electron chi connectivity index (χ0n) is 10.8. The molecule has 0 N–H and O–H groups in total. The van der Waals surface area contributed by atoms with Crippen molar-refractivity contribution in [1.82, 2.24) is 4.90 Å². The van der Waals surface area contributed by atoms with E-state index < -0.39 is 0 Å². The summed E-state index contributed by atoms with van der Waals surface area (Å²) in [7, 11) is 1.69. The highest BCUT2D eigenvalue weighted by atomic mass is 16.6. The first-order chi connectivity index (χ1) is 8.19. The van der Waals surface area contributed by atoms with Gasteiger partial charge in [-0.1, -0.05) is 12.1 Å². The molecule has 0 aromatic heterocycles. The minimum Gasteiger partial charge on any atom is -0.497 e. The van der Waals surface area contributed by atoms with Gasteiger partial charge in [0.1, 0.15) is 5.75 Å². The molecule has 3 nitrogen and oxygen atoms in total. The Labute approximate surface area is 103 Å². The van der Waals surface area contributed by atoms with Crippen molar-refractivity contribution in [2.75, 3.05) is 20.3 Å². The largest absolute Gasteiger partial charge is 0.497 e. The highest BCUT2D eigenvalue weighted by Crippen LogP contribution is 2.17. The van der Waals surface area contributed by atoms with Crippen molar-refractivity contribution in [2.24, 2.45) is 0 Å². The van der Waals surface area contributed by atoms with E-state index in [0.717, 1.165) is 25.4 Å². The smallest absolute Gasteiger partial charge is 0.118 e. The molecule has 1 heterocycles. The van der Waals surface area contributed by atoms with E-state index in [9.17, 15) is 0 Å². The van der Waals surface area contributed by atoms with Crippen LogP contribution in [-0.4, -0.2) is 37.3 Å². The maximum Gasteiger partial charge on any atom is 0.118 e. The summed E-state index contributed by atoms with van der Waals surface area (Å²) in [6.07, 6.45) is 0.454. The van der Waals surface area contributed by atoms with Crippen LogP contribution >= 0.6 is 0 Å². The van der Waals surface area contributed by atoms with Crippen LogP contribution in [0.2, 0.25) is 0 Å². The van der Waals surface area contributed by atoms with Gasteiger partial charge in [-0.05, 0) is 31.5 Å². The fourth-order valence-electron chi connectivity index (χ4n) is 1.86. The van der Waals surface area contributed by atoms with Crippen LogP contribution < -0.4 is 4.74 Å². The predicted molar refractivity (Wildman–Crippen MR) is 68.3 cm³/mol. The van der Waals surface area contributed by atoms with Gasteiger partial charge < -0.3 is 9.47 Å². The molecule has 17 heavy (non-hydrogen) atoms. The van der Waals surface area contributed by atoms with Crippen molar-refractivity contribution in [1.29, 1.82) is 0 Å². The maximum atomic E-state index is 5.30. The van der Waals surface area contributed by atoms with Crippen molar-refractivity contribution in [3.05, 3.63) is 29.8 Å². The van der Waals surface area contributed by atoms with Gasteiger partial charge in [-0.25, -0.2) is 0 Å². The van der Waals surface area contributed by atoms with E-state index in [0.29, 0.717) is 12.1 Å². The molecule has 0 bridgehead atoms. The average Bonchev–Trinajstić information content (AvgIpc) is 3.13. The molecule has 1 fully saturated rings. The van der Waals surface area contributed by atoms with Crippen LogP contribution in [0.1, 0.15) is 19.4 Å². The van der Waals surface area contributed by atoms with Crippen LogP contribution in [0.3, 0.4) is 0 Å². The summed E-state index contributed by atoms with van der Waals surface area (Å²) in [5, 5.41) is 0. The lowest BCUT2D eigenvalue weighted by molar-refractivity contribution is 0.191. The molecule has 1 unspecified atom stereocenters. The molecule has 0 amide bonds. The second kappa shape index (κ2) is 5.52. The zero-order chi connectivity index (χ0) is 12.3. The average molecular weight is 235 g/mol. The molecule has 1 aromatic rings. The molecule has 3 heteroatoms. The third-order valence-electron chi connectivity index (χ3n) is 3.12. The number of hydrogen-bond donors (Lipinski definition) is 0. The number of hydrogen-bond acceptors (Lipinski definition) is 3. The van der Waals surface area contributed by atoms with Crippen LogP contribution in [0.15, 0.2) is 24.3 Å². The SMILES string of the molecule is COc1ccc(CN(CC2CO2)C(C)C)cc1. The molecule has 1 aliphatic heterocycles. The van der Waals surface area contributed by atoms with Crippen molar-refractivity contribution in [2.45, 2.75) is 32.5 Å². The van der Waals surface area contributed by atoms with E-state index in [1.54, 1.807) is 7.11 Å². The Morgan fingerprint density at radius 1 is 1.35 bits per heavy atom. The van der Waals surface area contributed by atoms with Gasteiger partial charge in [0, 0.05) is 19.1 Å². The number of epoxide rings is 1. The first kappa shape index (κ1) is 12.4. The molecule has 0 radical (unpaired) electrons. The summed E-state index contributed by atoms with van der Waals surface area (Å²) in [4.78, 5) is 2.44. The summed E-state index contributed by atoms with van der Waals surface area (Å²) >= 11 is 0. The third kappa shape index (κ3) is 3.72. The second-order valence-electron chi connectivity index (χ2n) is 4.83. The third-order valence-corrected chi connectivity index (χ3v) is 3.12. The van der Waals surface area contributed by atoms with Crippen molar-refractivity contribution >= 4 is 0 Å². The van der Waals surface area contributed by atoms with Crippen LogP contribution in [0, 0.1) is 0 Å². The lowest BCUT2D eigenvalue weighted by atomic mass is 10.1. The molecule has 1 aromatic carbocycles. The summed E-state index contributed by atoms with van der Waals surface area (Å²) in [5.41, 5.74) is 1.32. The first-order valence-electron chi connectivity index (χ1n) is 6.17. The molecule has 0 aliphatic carbocycles. The van der Waals surface area contributed by atoms with Crippen LogP contribution in [-0.2, 0) is 11.3 Å². The highest BCUT2D eigenvalue weighted by Gasteiger charge is 2.26. The van der Waals surface area contributed by atoms with Gasteiger partial charge >= 0.3 is 0 Å². The number of ether oxygens (including phenoxy) is 2.